The van der Waals surface area contributed by atoms with Crippen LogP contribution in [-0.4, -0.2) is 15.7 Å². The second-order valence-electron chi connectivity index (χ2n) is 1.95. The Bertz CT molecular complexity index is 234. The maximum Gasteiger partial charge on any atom is 0.179 e. The van der Waals surface area contributed by atoms with Gasteiger partial charge in [0, 0.05) is 0 Å². The second-order valence-corrected chi connectivity index (χ2v) is 3.47. The molecule has 0 aliphatic rings. The molecular formula is C6H4Cl4O3. The van der Waals surface area contributed by atoms with Crippen LogP contribution in [0.1, 0.15) is 0 Å². The summed E-state index contributed by atoms with van der Waals surface area (Å²) < 4.78 is 0. The van der Waals surface area contributed by atoms with Gasteiger partial charge in [0.1, 0.15) is 10.0 Å². The topological polar surface area (TPSA) is 72.0 Å². The van der Waals surface area contributed by atoms with Crippen molar-refractivity contribution in [3.05, 3.63) is 20.1 Å². The summed E-state index contributed by atoms with van der Waals surface area (Å²) in [6.07, 6.45) is 0. The van der Waals surface area contributed by atoms with Crippen molar-refractivity contribution in [2.24, 2.45) is 0 Å². The Balaban J connectivity index is 0.00000144. The normalized spacial score (nSPS) is 9.54. The quantitative estimate of drug-likeness (QED) is 0.430. The van der Waals surface area contributed by atoms with Crippen molar-refractivity contribution < 1.29 is 15.7 Å². The van der Waals surface area contributed by atoms with E-state index >= 15 is 0 Å². The molecule has 0 saturated heterocycles. The third-order valence-corrected chi connectivity index (χ3v) is 3.00. The molecule has 0 saturated carbocycles. The number of halogens is 4. The van der Waals surface area contributed by atoms with Crippen molar-refractivity contribution >= 4 is 46.4 Å². The van der Waals surface area contributed by atoms with Gasteiger partial charge in [-0.25, -0.2) is 0 Å². The molecule has 1 aromatic carbocycles. The minimum Gasteiger partial charge on any atom is -0.503 e. The van der Waals surface area contributed by atoms with Gasteiger partial charge >= 0.3 is 0 Å². The van der Waals surface area contributed by atoms with E-state index < -0.39 is 11.5 Å². The van der Waals surface area contributed by atoms with Crippen LogP contribution < -0.4 is 0 Å². The van der Waals surface area contributed by atoms with Crippen molar-refractivity contribution in [2.75, 3.05) is 0 Å². The van der Waals surface area contributed by atoms with Gasteiger partial charge in [0.05, 0.1) is 10.0 Å². The Hall–Kier alpha value is -0.0600. The van der Waals surface area contributed by atoms with Crippen LogP contribution in [0.2, 0.25) is 20.1 Å². The molecule has 0 amide bonds. The van der Waals surface area contributed by atoms with E-state index in [0.717, 1.165) is 0 Å². The lowest BCUT2D eigenvalue weighted by Gasteiger charge is -2.06. The molecular weight excluding hydrogens is 262 g/mol. The molecule has 0 aliphatic heterocycles. The average molecular weight is 266 g/mol. The lowest BCUT2D eigenvalue weighted by molar-refractivity contribution is 0.404. The molecule has 7 heteroatoms. The highest BCUT2D eigenvalue weighted by Crippen LogP contribution is 2.48. The predicted molar refractivity (Wildman–Crippen MR) is 53.4 cm³/mol. The van der Waals surface area contributed by atoms with Gasteiger partial charge in [0.25, 0.3) is 0 Å². The third kappa shape index (κ3) is 2.06. The zero-order chi connectivity index (χ0) is 9.46. The highest BCUT2D eigenvalue weighted by Gasteiger charge is 2.18. The molecule has 0 atom stereocenters. The number of benzene rings is 1. The Morgan fingerprint density at radius 2 is 0.846 bits per heavy atom. The number of phenolic OH excluding ortho intramolecular Hbond substituents is 2. The van der Waals surface area contributed by atoms with Crippen molar-refractivity contribution in [2.45, 2.75) is 0 Å². The Morgan fingerprint density at radius 3 is 1.08 bits per heavy atom. The van der Waals surface area contributed by atoms with Crippen LogP contribution in [0.15, 0.2) is 0 Å². The predicted octanol–water partition coefficient (Wildman–Crippen LogP) is 2.89. The third-order valence-electron chi connectivity index (χ3n) is 1.22. The summed E-state index contributed by atoms with van der Waals surface area (Å²) >= 11 is 22.0. The summed E-state index contributed by atoms with van der Waals surface area (Å²) in [5, 5.41) is 17.6. The standard InChI is InChI=1S/C6H2Cl4O2.H2O/c7-1-2(8)4(10)6(12)5(11)3(1)9;/h11-12H;1H2. The van der Waals surface area contributed by atoms with Gasteiger partial charge in [-0.05, 0) is 0 Å². The largest absolute Gasteiger partial charge is 0.503 e. The highest BCUT2D eigenvalue weighted by molar-refractivity contribution is 6.52. The van der Waals surface area contributed by atoms with E-state index in [0.29, 0.717) is 0 Å². The Kier molecular flexibility index (Phi) is 4.42. The van der Waals surface area contributed by atoms with Gasteiger partial charge in [-0.2, -0.15) is 0 Å². The van der Waals surface area contributed by atoms with Gasteiger partial charge < -0.3 is 15.7 Å². The van der Waals surface area contributed by atoms with E-state index in [9.17, 15) is 0 Å². The van der Waals surface area contributed by atoms with Crippen LogP contribution in [0.3, 0.4) is 0 Å². The fraction of sp³-hybridized carbons (Fsp3) is 0. The van der Waals surface area contributed by atoms with Gasteiger partial charge in [-0.3, -0.25) is 0 Å². The minimum atomic E-state index is -0.573. The van der Waals surface area contributed by atoms with Crippen LogP contribution in [0.25, 0.3) is 0 Å². The lowest BCUT2D eigenvalue weighted by atomic mass is 10.3. The van der Waals surface area contributed by atoms with Crippen LogP contribution in [0.5, 0.6) is 11.5 Å². The average Bonchev–Trinajstić information content (AvgIpc) is 2.08. The maximum atomic E-state index is 9.08. The van der Waals surface area contributed by atoms with Gasteiger partial charge in [0.15, 0.2) is 11.5 Å². The first-order valence-corrected chi connectivity index (χ1v) is 4.22. The van der Waals surface area contributed by atoms with E-state index in [1.165, 1.54) is 0 Å². The molecule has 0 bridgehead atoms. The molecule has 0 heterocycles. The van der Waals surface area contributed by atoms with E-state index in [1.54, 1.807) is 0 Å². The van der Waals surface area contributed by atoms with Crippen molar-refractivity contribution in [3.8, 4) is 11.5 Å². The summed E-state index contributed by atoms with van der Waals surface area (Å²) in [5.74, 6) is -1.15. The number of phenols is 2. The highest BCUT2D eigenvalue weighted by atomic mass is 35.5. The fourth-order valence-corrected chi connectivity index (χ4v) is 1.44. The summed E-state index contributed by atoms with van der Waals surface area (Å²) in [4.78, 5) is 0. The Labute approximate surface area is 93.7 Å². The molecule has 1 aromatic rings. The first kappa shape index (κ1) is 12.9. The second kappa shape index (κ2) is 4.44. The lowest BCUT2D eigenvalue weighted by Crippen LogP contribution is -1.78. The molecule has 13 heavy (non-hydrogen) atoms. The first-order valence-electron chi connectivity index (χ1n) is 2.70. The van der Waals surface area contributed by atoms with Crippen LogP contribution in [-0.2, 0) is 0 Å². The molecule has 0 spiro atoms. The molecule has 4 N–H and O–H groups in total. The molecule has 0 aromatic heterocycles. The molecule has 1 rings (SSSR count). The molecule has 74 valence electrons. The van der Waals surface area contributed by atoms with Crippen molar-refractivity contribution in [1.82, 2.24) is 0 Å². The van der Waals surface area contributed by atoms with E-state index in [1.807, 2.05) is 0 Å². The molecule has 0 aliphatic carbocycles. The zero-order valence-corrected chi connectivity index (χ0v) is 8.93. The first-order chi connectivity index (χ1) is 5.46. The summed E-state index contributed by atoms with van der Waals surface area (Å²) in [6, 6.07) is 0. The van der Waals surface area contributed by atoms with Crippen LogP contribution in [0.4, 0.5) is 0 Å². The Morgan fingerprint density at radius 1 is 0.615 bits per heavy atom. The number of aromatic hydroxyl groups is 2. The fourth-order valence-electron chi connectivity index (χ4n) is 0.609. The number of hydrogen-bond donors (Lipinski definition) is 2. The van der Waals surface area contributed by atoms with Crippen LogP contribution >= 0.6 is 46.4 Å². The summed E-state index contributed by atoms with van der Waals surface area (Å²) in [7, 11) is 0. The van der Waals surface area contributed by atoms with E-state index in [-0.39, 0.29) is 25.6 Å². The zero-order valence-electron chi connectivity index (χ0n) is 5.91. The summed E-state index contributed by atoms with van der Waals surface area (Å²) in [5.41, 5.74) is 0. The minimum absolute atomic E-state index is 0. The van der Waals surface area contributed by atoms with Crippen molar-refractivity contribution in [3.63, 3.8) is 0 Å². The summed E-state index contributed by atoms with van der Waals surface area (Å²) in [6.45, 7) is 0. The van der Waals surface area contributed by atoms with Crippen molar-refractivity contribution in [1.29, 1.82) is 0 Å². The number of hydrogen-bond acceptors (Lipinski definition) is 2. The monoisotopic (exact) mass is 264 g/mol. The van der Waals surface area contributed by atoms with Crippen LogP contribution in [0, 0.1) is 0 Å². The molecule has 0 radical (unpaired) electrons. The van der Waals surface area contributed by atoms with E-state index in [4.69, 9.17) is 56.6 Å². The smallest absolute Gasteiger partial charge is 0.179 e. The molecule has 0 unspecified atom stereocenters. The molecule has 0 fully saturated rings. The molecule has 3 nitrogen and oxygen atoms in total. The maximum absolute atomic E-state index is 9.08. The SMILES string of the molecule is O.Oc1c(O)c(Cl)c(Cl)c(Cl)c1Cl. The number of rotatable bonds is 0. The van der Waals surface area contributed by atoms with Gasteiger partial charge in [-0.1, -0.05) is 46.4 Å². The van der Waals surface area contributed by atoms with Gasteiger partial charge in [0.2, 0.25) is 0 Å². The van der Waals surface area contributed by atoms with E-state index in [2.05, 4.69) is 0 Å². The van der Waals surface area contributed by atoms with Gasteiger partial charge in [-0.15, -0.1) is 0 Å².